The van der Waals surface area contributed by atoms with Gasteiger partial charge in [0.1, 0.15) is 5.65 Å². The van der Waals surface area contributed by atoms with Crippen LogP contribution >= 0.6 is 0 Å². The number of aromatic nitrogens is 3. The van der Waals surface area contributed by atoms with Crippen LogP contribution in [0.25, 0.3) is 22.2 Å². The quantitative estimate of drug-likeness (QED) is 0.737. The molecule has 18 heavy (non-hydrogen) atoms. The SMILES string of the molecule is CC(C)c1cncc(-c2cnc3[nH]ccc3c2)c1. The molecule has 0 spiro atoms. The normalized spacial score (nSPS) is 11.3. The average Bonchev–Trinajstić information content (AvgIpc) is 2.86. The molecule has 3 rings (SSSR count). The van der Waals surface area contributed by atoms with E-state index < -0.39 is 0 Å². The van der Waals surface area contributed by atoms with Gasteiger partial charge in [-0.15, -0.1) is 0 Å². The van der Waals surface area contributed by atoms with Gasteiger partial charge in [-0.1, -0.05) is 13.8 Å². The third-order valence-corrected chi connectivity index (χ3v) is 3.16. The van der Waals surface area contributed by atoms with Crippen LogP contribution in [0.2, 0.25) is 0 Å². The van der Waals surface area contributed by atoms with E-state index in [1.165, 1.54) is 5.56 Å². The summed E-state index contributed by atoms with van der Waals surface area (Å²) in [5.41, 5.74) is 4.40. The number of H-pyrrole nitrogens is 1. The minimum atomic E-state index is 0.487. The van der Waals surface area contributed by atoms with Crippen molar-refractivity contribution in [3.05, 3.63) is 48.5 Å². The van der Waals surface area contributed by atoms with Crippen molar-refractivity contribution in [2.45, 2.75) is 19.8 Å². The fraction of sp³-hybridized carbons (Fsp3) is 0.200. The first-order valence-corrected chi connectivity index (χ1v) is 6.12. The van der Waals surface area contributed by atoms with Crippen LogP contribution in [-0.4, -0.2) is 15.0 Å². The minimum absolute atomic E-state index is 0.487. The molecule has 0 saturated carbocycles. The topological polar surface area (TPSA) is 41.6 Å². The second kappa shape index (κ2) is 4.26. The highest BCUT2D eigenvalue weighted by Gasteiger charge is 2.05. The van der Waals surface area contributed by atoms with E-state index in [1.807, 2.05) is 30.9 Å². The second-order valence-corrected chi connectivity index (χ2v) is 4.80. The van der Waals surface area contributed by atoms with Gasteiger partial charge in [-0.3, -0.25) is 4.98 Å². The van der Waals surface area contributed by atoms with E-state index >= 15 is 0 Å². The summed E-state index contributed by atoms with van der Waals surface area (Å²) in [4.78, 5) is 11.8. The summed E-state index contributed by atoms with van der Waals surface area (Å²) in [5, 5.41) is 1.13. The van der Waals surface area contributed by atoms with Crippen molar-refractivity contribution in [2.24, 2.45) is 0 Å². The monoisotopic (exact) mass is 237 g/mol. The van der Waals surface area contributed by atoms with Crippen LogP contribution in [0.5, 0.6) is 0 Å². The Kier molecular flexibility index (Phi) is 2.59. The van der Waals surface area contributed by atoms with Crippen LogP contribution in [0.15, 0.2) is 43.0 Å². The lowest BCUT2D eigenvalue weighted by molar-refractivity contribution is 0.859. The number of nitrogens with one attached hydrogen (secondary N) is 1. The van der Waals surface area contributed by atoms with E-state index in [0.717, 1.165) is 22.2 Å². The van der Waals surface area contributed by atoms with Crippen molar-refractivity contribution in [3.8, 4) is 11.1 Å². The van der Waals surface area contributed by atoms with Crippen LogP contribution in [0, 0.1) is 0 Å². The third-order valence-electron chi connectivity index (χ3n) is 3.16. The second-order valence-electron chi connectivity index (χ2n) is 4.80. The molecule has 0 aliphatic rings. The first-order chi connectivity index (χ1) is 8.74. The van der Waals surface area contributed by atoms with Crippen molar-refractivity contribution in [1.82, 2.24) is 15.0 Å². The molecule has 0 unspecified atom stereocenters. The predicted octanol–water partition coefficient (Wildman–Crippen LogP) is 3.75. The van der Waals surface area contributed by atoms with Crippen LogP contribution in [0.4, 0.5) is 0 Å². The van der Waals surface area contributed by atoms with Crippen molar-refractivity contribution < 1.29 is 0 Å². The molecule has 0 aromatic carbocycles. The summed E-state index contributed by atoms with van der Waals surface area (Å²) in [5.74, 6) is 0.487. The zero-order valence-corrected chi connectivity index (χ0v) is 10.5. The number of nitrogens with zero attached hydrogens (tertiary/aromatic N) is 2. The lowest BCUT2D eigenvalue weighted by Crippen LogP contribution is -1.90. The predicted molar refractivity (Wildman–Crippen MR) is 73.4 cm³/mol. The van der Waals surface area contributed by atoms with E-state index in [0.29, 0.717) is 5.92 Å². The smallest absolute Gasteiger partial charge is 0.137 e. The Hall–Kier alpha value is -2.16. The van der Waals surface area contributed by atoms with E-state index in [9.17, 15) is 0 Å². The zero-order valence-electron chi connectivity index (χ0n) is 10.5. The number of aromatic amines is 1. The molecular weight excluding hydrogens is 222 g/mol. The van der Waals surface area contributed by atoms with Gasteiger partial charge >= 0.3 is 0 Å². The first kappa shape index (κ1) is 11.0. The minimum Gasteiger partial charge on any atom is -0.346 e. The Morgan fingerprint density at radius 1 is 1.06 bits per heavy atom. The summed E-state index contributed by atoms with van der Waals surface area (Å²) in [6, 6.07) is 6.36. The fourth-order valence-electron chi connectivity index (χ4n) is 2.03. The van der Waals surface area contributed by atoms with E-state index in [-0.39, 0.29) is 0 Å². The van der Waals surface area contributed by atoms with Gasteiger partial charge in [0.05, 0.1) is 0 Å². The maximum Gasteiger partial charge on any atom is 0.137 e. The molecule has 0 aliphatic heterocycles. The number of fused-ring (bicyclic) bond motifs is 1. The molecule has 0 amide bonds. The Bertz CT molecular complexity index is 683. The summed E-state index contributed by atoms with van der Waals surface area (Å²) < 4.78 is 0. The molecule has 0 radical (unpaired) electrons. The Morgan fingerprint density at radius 3 is 2.72 bits per heavy atom. The van der Waals surface area contributed by atoms with Gasteiger partial charge < -0.3 is 4.98 Å². The summed E-state index contributed by atoms with van der Waals surface area (Å²) in [6.07, 6.45) is 7.61. The van der Waals surface area contributed by atoms with E-state index in [2.05, 4.69) is 40.9 Å². The molecule has 3 aromatic rings. The molecule has 0 aliphatic carbocycles. The molecule has 3 aromatic heterocycles. The highest BCUT2D eigenvalue weighted by molar-refractivity contribution is 5.81. The molecule has 0 saturated heterocycles. The summed E-state index contributed by atoms with van der Waals surface area (Å²) >= 11 is 0. The molecule has 0 atom stereocenters. The lowest BCUT2D eigenvalue weighted by Gasteiger charge is -2.07. The van der Waals surface area contributed by atoms with Crippen LogP contribution in [-0.2, 0) is 0 Å². The van der Waals surface area contributed by atoms with Crippen molar-refractivity contribution in [2.75, 3.05) is 0 Å². The molecule has 3 heterocycles. The molecular formula is C15H15N3. The number of hydrogen-bond acceptors (Lipinski definition) is 2. The maximum atomic E-state index is 4.41. The lowest BCUT2D eigenvalue weighted by atomic mass is 10.0. The van der Waals surface area contributed by atoms with Crippen molar-refractivity contribution >= 4 is 11.0 Å². The number of pyridine rings is 2. The van der Waals surface area contributed by atoms with Gasteiger partial charge in [-0.25, -0.2) is 4.98 Å². The Labute approximate surface area is 106 Å². The van der Waals surface area contributed by atoms with Crippen LogP contribution < -0.4 is 0 Å². The van der Waals surface area contributed by atoms with Gasteiger partial charge in [0.15, 0.2) is 0 Å². The molecule has 0 fully saturated rings. The van der Waals surface area contributed by atoms with Crippen molar-refractivity contribution in [3.63, 3.8) is 0 Å². The van der Waals surface area contributed by atoms with Gasteiger partial charge in [-0.05, 0) is 29.7 Å². The van der Waals surface area contributed by atoms with Gasteiger partial charge in [0.2, 0.25) is 0 Å². The number of hydrogen-bond donors (Lipinski definition) is 1. The van der Waals surface area contributed by atoms with E-state index in [4.69, 9.17) is 0 Å². The molecule has 0 bridgehead atoms. The van der Waals surface area contributed by atoms with Gasteiger partial charge in [0.25, 0.3) is 0 Å². The summed E-state index contributed by atoms with van der Waals surface area (Å²) in [7, 11) is 0. The fourth-order valence-corrected chi connectivity index (χ4v) is 2.03. The van der Waals surface area contributed by atoms with Gasteiger partial charge in [0, 0.05) is 41.3 Å². The third kappa shape index (κ3) is 1.88. The maximum absolute atomic E-state index is 4.41. The van der Waals surface area contributed by atoms with Crippen molar-refractivity contribution in [1.29, 1.82) is 0 Å². The Morgan fingerprint density at radius 2 is 1.89 bits per heavy atom. The first-order valence-electron chi connectivity index (χ1n) is 6.12. The molecule has 1 N–H and O–H groups in total. The number of rotatable bonds is 2. The average molecular weight is 237 g/mol. The summed E-state index contributed by atoms with van der Waals surface area (Å²) in [6.45, 7) is 4.35. The Balaban J connectivity index is 2.10. The highest BCUT2D eigenvalue weighted by atomic mass is 14.8. The zero-order chi connectivity index (χ0) is 12.5. The molecule has 3 nitrogen and oxygen atoms in total. The van der Waals surface area contributed by atoms with E-state index in [1.54, 1.807) is 0 Å². The molecule has 3 heteroatoms. The standard InChI is InChI=1S/C15H15N3/c1-10(2)12-6-13(8-16-7-12)14-5-11-3-4-17-15(11)18-9-14/h3-10H,1-2H3,(H,17,18). The largest absolute Gasteiger partial charge is 0.346 e. The highest BCUT2D eigenvalue weighted by Crippen LogP contribution is 2.24. The van der Waals surface area contributed by atoms with Crippen LogP contribution in [0.1, 0.15) is 25.3 Å². The molecule has 90 valence electrons. The van der Waals surface area contributed by atoms with Gasteiger partial charge in [-0.2, -0.15) is 0 Å². The van der Waals surface area contributed by atoms with Crippen LogP contribution in [0.3, 0.4) is 0 Å².